The van der Waals surface area contributed by atoms with Crippen LogP contribution < -0.4 is 0 Å². The molecule has 1 aromatic heterocycles. The van der Waals surface area contributed by atoms with E-state index in [2.05, 4.69) is 4.98 Å². The molecule has 0 radical (unpaired) electrons. The van der Waals surface area contributed by atoms with E-state index in [4.69, 9.17) is 11.6 Å². The highest BCUT2D eigenvalue weighted by atomic mass is 35.5. The quantitative estimate of drug-likeness (QED) is 0.767. The molecule has 0 aliphatic heterocycles. The van der Waals surface area contributed by atoms with Gasteiger partial charge >= 0.3 is 0 Å². The fourth-order valence-electron chi connectivity index (χ4n) is 2.32. The fraction of sp³-hybridized carbons (Fsp3) is 0.133. The van der Waals surface area contributed by atoms with Gasteiger partial charge in [0.25, 0.3) is 0 Å². The number of hydrogen-bond acceptors (Lipinski definition) is 2. The number of imidazole rings is 1. The van der Waals surface area contributed by atoms with Crippen LogP contribution >= 0.6 is 11.6 Å². The Morgan fingerprint density at radius 2 is 2.10 bits per heavy atom. The first-order valence-electron chi connectivity index (χ1n) is 6.25. The molecule has 5 heteroatoms. The highest BCUT2D eigenvalue weighted by Crippen LogP contribution is 2.33. The van der Waals surface area contributed by atoms with Crippen LogP contribution in [0.4, 0.5) is 4.39 Å². The molecule has 0 spiro atoms. The van der Waals surface area contributed by atoms with Gasteiger partial charge < -0.3 is 9.67 Å². The van der Waals surface area contributed by atoms with Crippen LogP contribution in [0.25, 0.3) is 22.4 Å². The lowest BCUT2D eigenvalue weighted by atomic mass is 10.2. The number of benzene rings is 2. The summed E-state index contributed by atoms with van der Waals surface area (Å²) in [5.41, 5.74) is 1.61. The summed E-state index contributed by atoms with van der Waals surface area (Å²) in [6.45, 7) is 2.58. The lowest BCUT2D eigenvalue weighted by Gasteiger charge is -2.08. The van der Waals surface area contributed by atoms with Gasteiger partial charge in [0, 0.05) is 12.1 Å². The predicted molar refractivity (Wildman–Crippen MR) is 77.5 cm³/mol. The van der Waals surface area contributed by atoms with Gasteiger partial charge in [0.1, 0.15) is 17.1 Å². The zero-order valence-electron chi connectivity index (χ0n) is 10.8. The summed E-state index contributed by atoms with van der Waals surface area (Å²) < 4.78 is 15.7. The molecule has 1 heterocycles. The maximum absolute atomic E-state index is 13.9. The molecule has 2 aromatic carbocycles. The number of phenols is 1. The monoisotopic (exact) mass is 290 g/mol. The molecule has 3 nitrogen and oxygen atoms in total. The van der Waals surface area contributed by atoms with Crippen LogP contribution in [0.1, 0.15) is 6.92 Å². The zero-order valence-corrected chi connectivity index (χ0v) is 11.5. The summed E-state index contributed by atoms with van der Waals surface area (Å²) >= 11 is 6.17. The molecular weight excluding hydrogens is 279 g/mol. The normalized spacial score (nSPS) is 11.2. The number of phenolic OH excluding ortho intramolecular Hbond substituents is 1. The first kappa shape index (κ1) is 12.9. The van der Waals surface area contributed by atoms with Crippen LogP contribution in [0.2, 0.25) is 5.02 Å². The molecule has 0 saturated heterocycles. The third-order valence-electron chi connectivity index (χ3n) is 3.24. The Balaban J connectivity index is 2.36. The minimum Gasteiger partial charge on any atom is -0.508 e. The summed E-state index contributed by atoms with van der Waals surface area (Å²) in [6, 6.07) is 9.48. The number of rotatable bonds is 2. The van der Waals surface area contributed by atoms with Crippen molar-refractivity contribution in [1.82, 2.24) is 9.55 Å². The largest absolute Gasteiger partial charge is 0.508 e. The topological polar surface area (TPSA) is 38.0 Å². The lowest BCUT2D eigenvalue weighted by Crippen LogP contribution is -1.97. The second kappa shape index (κ2) is 4.80. The third kappa shape index (κ3) is 1.93. The number of aromatic nitrogens is 2. The molecule has 0 atom stereocenters. The molecule has 0 aliphatic carbocycles. The summed E-state index contributed by atoms with van der Waals surface area (Å²) in [5.74, 6) is 0.278. The predicted octanol–water partition coefficient (Wildman–Crippen LogP) is 4.22. The summed E-state index contributed by atoms with van der Waals surface area (Å²) in [7, 11) is 0. The number of aryl methyl sites for hydroxylation is 1. The van der Waals surface area contributed by atoms with Crippen molar-refractivity contribution < 1.29 is 9.50 Å². The van der Waals surface area contributed by atoms with Crippen molar-refractivity contribution in [2.75, 3.05) is 0 Å². The molecule has 3 rings (SSSR count). The van der Waals surface area contributed by atoms with Gasteiger partial charge in [-0.15, -0.1) is 0 Å². The van der Waals surface area contributed by atoms with Crippen LogP contribution in [0.15, 0.2) is 36.4 Å². The van der Waals surface area contributed by atoms with E-state index in [9.17, 15) is 9.50 Å². The molecule has 1 N–H and O–H groups in total. The molecule has 0 aliphatic rings. The van der Waals surface area contributed by atoms with E-state index < -0.39 is 0 Å². The number of para-hydroxylation sites is 1. The zero-order chi connectivity index (χ0) is 14.3. The highest BCUT2D eigenvalue weighted by molar-refractivity contribution is 6.33. The average molecular weight is 291 g/mol. The fourth-order valence-corrected chi connectivity index (χ4v) is 2.53. The van der Waals surface area contributed by atoms with Crippen LogP contribution in [-0.4, -0.2) is 14.7 Å². The smallest absolute Gasteiger partial charge is 0.151 e. The van der Waals surface area contributed by atoms with E-state index in [0.717, 1.165) is 0 Å². The highest BCUT2D eigenvalue weighted by Gasteiger charge is 2.16. The Morgan fingerprint density at radius 1 is 1.30 bits per heavy atom. The van der Waals surface area contributed by atoms with E-state index in [1.165, 1.54) is 18.2 Å². The molecule has 0 saturated carbocycles. The van der Waals surface area contributed by atoms with E-state index in [0.29, 0.717) is 34.0 Å². The van der Waals surface area contributed by atoms with Crippen molar-refractivity contribution in [3.63, 3.8) is 0 Å². The summed E-state index contributed by atoms with van der Waals surface area (Å²) in [6.07, 6.45) is 0. The second-order valence-corrected chi connectivity index (χ2v) is 4.86. The first-order valence-corrected chi connectivity index (χ1v) is 6.63. The van der Waals surface area contributed by atoms with Gasteiger partial charge in [-0.05, 0) is 37.3 Å². The van der Waals surface area contributed by atoms with E-state index in [1.54, 1.807) is 12.1 Å². The van der Waals surface area contributed by atoms with Crippen molar-refractivity contribution >= 4 is 22.6 Å². The van der Waals surface area contributed by atoms with Gasteiger partial charge in [0.15, 0.2) is 5.82 Å². The number of fused-ring (bicyclic) bond motifs is 1. The molecule has 3 aromatic rings. The van der Waals surface area contributed by atoms with Crippen molar-refractivity contribution in [3.05, 3.63) is 47.2 Å². The maximum atomic E-state index is 13.9. The minimum atomic E-state index is -0.368. The van der Waals surface area contributed by atoms with E-state index in [1.807, 2.05) is 17.6 Å². The van der Waals surface area contributed by atoms with Crippen molar-refractivity contribution in [1.29, 1.82) is 0 Å². The Morgan fingerprint density at radius 3 is 2.85 bits per heavy atom. The lowest BCUT2D eigenvalue weighted by molar-refractivity contribution is 0.475. The number of aromatic hydroxyl groups is 1. The average Bonchev–Trinajstić information content (AvgIpc) is 2.81. The third-order valence-corrected chi connectivity index (χ3v) is 3.57. The minimum absolute atomic E-state index is 0.0968. The van der Waals surface area contributed by atoms with Crippen molar-refractivity contribution in [2.24, 2.45) is 0 Å². The second-order valence-electron chi connectivity index (χ2n) is 4.45. The van der Waals surface area contributed by atoms with Gasteiger partial charge in [-0.2, -0.15) is 0 Å². The number of hydrogen-bond donors (Lipinski definition) is 1. The van der Waals surface area contributed by atoms with E-state index in [-0.39, 0.29) is 11.6 Å². The molecule has 102 valence electrons. The maximum Gasteiger partial charge on any atom is 0.151 e. The molecule has 0 amide bonds. The Hall–Kier alpha value is -2.07. The molecule has 0 bridgehead atoms. The van der Waals surface area contributed by atoms with Crippen LogP contribution in [0.3, 0.4) is 0 Å². The van der Waals surface area contributed by atoms with Crippen LogP contribution in [0.5, 0.6) is 5.75 Å². The standard InChI is InChI=1S/C15H12ClFN2O/c1-2-19-13-5-3-4-12(17)14(13)18-15(19)10-8-9(20)6-7-11(10)16/h3-8,20H,2H2,1H3. The van der Waals surface area contributed by atoms with Gasteiger partial charge in [-0.1, -0.05) is 17.7 Å². The molecule has 0 unspecified atom stereocenters. The molecule has 0 fully saturated rings. The summed E-state index contributed by atoms with van der Waals surface area (Å²) in [4.78, 5) is 4.35. The molecule has 20 heavy (non-hydrogen) atoms. The Kier molecular flexibility index (Phi) is 3.10. The van der Waals surface area contributed by atoms with Gasteiger partial charge in [-0.25, -0.2) is 9.37 Å². The summed E-state index contributed by atoms with van der Waals surface area (Å²) in [5, 5.41) is 10.1. The number of halogens is 2. The molecular formula is C15H12ClFN2O. The van der Waals surface area contributed by atoms with Gasteiger partial charge in [0.05, 0.1) is 10.5 Å². The van der Waals surface area contributed by atoms with Crippen molar-refractivity contribution in [3.8, 4) is 17.1 Å². The van der Waals surface area contributed by atoms with Gasteiger partial charge in [-0.3, -0.25) is 0 Å². The van der Waals surface area contributed by atoms with Crippen molar-refractivity contribution in [2.45, 2.75) is 13.5 Å². The van der Waals surface area contributed by atoms with Crippen LogP contribution in [-0.2, 0) is 6.54 Å². The Labute approximate surface area is 120 Å². The first-order chi connectivity index (χ1) is 9.61. The SMILES string of the molecule is CCn1c(-c2cc(O)ccc2Cl)nc2c(F)cccc21. The van der Waals surface area contributed by atoms with E-state index >= 15 is 0 Å². The van der Waals surface area contributed by atoms with Crippen LogP contribution in [0, 0.1) is 5.82 Å². The van der Waals surface area contributed by atoms with Gasteiger partial charge in [0.2, 0.25) is 0 Å². The number of nitrogens with zero attached hydrogens (tertiary/aromatic N) is 2. The Bertz CT molecular complexity index is 798.